The first-order valence-electron chi connectivity index (χ1n) is 4.58. The summed E-state index contributed by atoms with van der Waals surface area (Å²) in [5.41, 5.74) is 0.427. The van der Waals surface area contributed by atoms with Gasteiger partial charge < -0.3 is 15.3 Å². The standard InChI is InChI=1S/C11H11NO3/c13-6-11(15)10-4-7-1-2-9(14)3-8(7)5-12-10/h1-5,11,13-15H,6H2. The number of phenols is 1. The van der Waals surface area contributed by atoms with E-state index in [0.717, 1.165) is 10.8 Å². The molecule has 0 aliphatic heterocycles. The lowest BCUT2D eigenvalue weighted by Gasteiger charge is -2.07. The minimum absolute atomic E-state index is 0.180. The van der Waals surface area contributed by atoms with Gasteiger partial charge in [0, 0.05) is 11.6 Å². The molecule has 0 aliphatic carbocycles. The van der Waals surface area contributed by atoms with Crippen molar-refractivity contribution in [2.45, 2.75) is 6.10 Å². The van der Waals surface area contributed by atoms with E-state index in [4.69, 9.17) is 5.11 Å². The molecule has 1 aromatic carbocycles. The van der Waals surface area contributed by atoms with Gasteiger partial charge in [0.1, 0.15) is 11.9 Å². The third kappa shape index (κ3) is 1.91. The lowest BCUT2D eigenvalue weighted by atomic mass is 10.1. The van der Waals surface area contributed by atoms with Crippen molar-refractivity contribution in [3.63, 3.8) is 0 Å². The molecule has 2 aromatic rings. The minimum Gasteiger partial charge on any atom is -0.508 e. The number of benzene rings is 1. The second-order valence-electron chi connectivity index (χ2n) is 3.34. The number of aromatic nitrogens is 1. The van der Waals surface area contributed by atoms with Gasteiger partial charge in [0.05, 0.1) is 12.3 Å². The molecular formula is C11H11NO3. The van der Waals surface area contributed by atoms with E-state index >= 15 is 0 Å². The molecule has 0 spiro atoms. The van der Waals surface area contributed by atoms with Gasteiger partial charge in [-0.15, -0.1) is 0 Å². The van der Waals surface area contributed by atoms with Crippen LogP contribution in [0.4, 0.5) is 0 Å². The van der Waals surface area contributed by atoms with E-state index in [1.165, 1.54) is 0 Å². The van der Waals surface area contributed by atoms with Crippen molar-refractivity contribution in [1.29, 1.82) is 0 Å². The van der Waals surface area contributed by atoms with E-state index in [-0.39, 0.29) is 12.4 Å². The van der Waals surface area contributed by atoms with Gasteiger partial charge in [-0.1, -0.05) is 6.07 Å². The SMILES string of the molecule is OCC(O)c1cc2ccc(O)cc2cn1. The highest BCUT2D eigenvalue weighted by atomic mass is 16.3. The summed E-state index contributed by atoms with van der Waals surface area (Å²) in [6.07, 6.45) is 0.603. The average Bonchev–Trinajstić information content (AvgIpc) is 2.27. The molecule has 0 fully saturated rings. The molecule has 1 unspecified atom stereocenters. The third-order valence-corrected chi connectivity index (χ3v) is 2.24. The van der Waals surface area contributed by atoms with E-state index in [1.807, 2.05) is 0 Å². The Morgan fingerprint density at radius 2 is 2.00 bits per heavy atom. The van der Waals surface area contributed by atoms with Crippen LogP contribution in [-0.4, -0.2) is 26.9 Å². The first-order valence-corrected chi connectivity index (χ1v) is 4.58. The van der Waals surface area contributed by atoms with E-state index in [9.17, 15) is 10.2 Å². The average molecular weight is 205 g/mol. The second-order valence-corrected chi connectivity index (χ2v) is 3.34. The molecule has 4 nitrogen and oxygen atoms in total. The number of aliphatic hydroxyl groups excluding tert-OH is 2. The monoisotopic (exact) mass is 205 g/mol. The van der Waals surface area contributed by atoms with Crippen LogP contribution in [0.2, 0.25) is 0 Å². The highest BCUT2D eigenvalue weighted by molar-refractivity contribution is 5.83. The minimum atomic E-state index is -0.955. The maximum absolute atomic E-state index is 9.38. The van der Waals surface area contributed by atoms with Crippen LogP contribution in [-0.2, 0) is 0 Å². The summed E-state index contributed by atoms with van der Waals surface area (Å²) in [4.78, 5) is 4.00. The molecule has 4 heteroatoms. The molecule has 1 heterocycles. The maximum Gasteiger partial charge on any atom is 0.119 e. The normalized spacial score (nSPS) is 12.9. The van der Waals surface area contributed by atoms with Crippen LogP contribution in [0, 0.1) is 0 Å². The number of rotatable bonds is 2. The van der Waals surface area contributed by atoms with Crippen molar-refractivity contribution in [3.05, 3.63) is 36.2 Å². The number of nitrogens with zero attached hydrogens (tertiary/aromatic N) is 1. The number of aromatic hydroxyl groups is 1. The number of pyridine rings is 1. The molecule has 15 heavy (non-hydrogen) atoms. The fourth-order valence-corrected chi connectivity index (χ4v) is 1.42. The Morgan fingerprint density at radius 3 is 2.73 bits per heavy atom. The second kappa shape index (κ2) is 3.84. The fraction of sp³-hybridized carbons (Fsp3) is 0.182. The topological polar surface area (TPSA) is 73.6 Å². The molecule has 0 aliphatic rings. The van der Waals surface area contributed by atoms with Gasteiger partial charge in [-0.3, -0.25) is 4.98 Å². The lowest BCUT2D eigenvalue weighted by Crippen LogP contribution is -2.04. The summed E-state index contributed by atoms with van der Waals surface area (Å²) in [7, 11) is 0. The fourth-order valence-electron chi connectivity index (χ4n) is 1.42. The molecule has 2 rings (SSSR count). The van der Waals surface area contributed by atoms with E-state index in [2.05, 4.69) is 4.98 Å². The molecular weight excluding hydrogens is 194 g/mol. The van der Waals surface area contributed by atoms with Gasteiger partial charge in [0.25, 0.3) is 0 Å². The van der Waals surface area contributed by atoms with Gasteiger partial charge in [-0.25, -0.2) is 0 Å². The largest absolute Gasteiger partial charge is 0.508 e. The van der Waals surface area contributed by atoms with Gasteiger partial charge in [0.15, 0.2) is 0 Å². The first-order chi connectivity index (χ1) is 7.20. The van der Waals surface area contributed by atoms with Crippen LogP contribution in [0.5, 0.6) is 5.75 Å². The Bertz CT molecular complexity index is 484. The zero-order valence-electron chi connectivity index (χ0n) is 7.96. The van der Waals surface area contributed by atoms with E-state index < -0.39 is 6.10 Å². The predicted molar refractivity (Wildman–Crippen MR) is 55.5 cm³/mol. The van der Waals surface area contributed by atoms with Crippen LogP contribution >= 0.6 is 0 Å². The Labute approximate surface area is 86.4 Å². The molecule has 0 saturated carbocycles. The van der Waals surface area contributed by atoms with Crippen LogP contribution in [0.1, 0.15) is 11.8 Å². The van der Waals surface area contributed by atoms with E-state index in [1.54, 1.807) is 30.5 Å². The van der Waals surface area contributed by atoms with Crippen molar-refractivity contribution < 1.29 is 15.3 Å². The van der Waals surface area contributed by atoms with Gasteiger partial charge in [-0.05, 0) is 23.6 Å². The van der Waals surface area contributed by atoms with E-state index in [0.29, 0.717) is 5.69 Å². The number of fused-ring (bicyclic) bond motifs is 1. The molecule has 78 valence electrons. The van der Waals surface area contributed by atoms with Crippen molar-refractivity contribution in [2.24, 2.45) is 0 Å². The highest BCUT2D eigenvalue weighted by Crippen LogP contribution is 2.21. The lowest BCUT2D eigenvalue weighted by molar-refractivity contribution is 0.0924. The van der Waals surface area contributed by atoms with Crippen LogP contribution in [0.25, 0.3) is 10.8 Å². The predicted octanol–water partition coefficient (Wildman–Crippen LogP) is 0.966. The molecule has 0 amide bonds. The number of hydrogen-bond donors (Lipinski definition) is 3. The molecule has 0 radical (unpaired) electrons. The summed E-state index contributed by atoms with van der Waals surface area (Å²) >= 11 is 0. The summed E-state index contributed by atoms with van der Waals surface area (Å²) in [6.45, 7) is -0.351. The zero-order chi connectivity index (χ0) is 10.8. The summed E-state index contributed by atoms with van der Waals surface area (Å²) in [5.74, 6) is 0.180. The quantitative estimate of drug-likeness (QED) is 0.683. The van der Waals surface area contributed by atoms with Crippen molar-refractivity contribution in [1.82, 2.24) is 4.98 Å². The van der Waals surface area contributed by atoms with Crippen molar-refractivity contribution in [3.8, 4) is 5.75 Å². The Balaban J connectivity index is 2.52. The Kier molecular flexibility index (Phi) is 2.53. The number of phenolic OH excluding ortho intramolecular Hbond substituents is 1. The van der Waals surface area contributed by atoms with Crippen LogP contribution < -0.4 is 0 Å². The number of aliphatic hydroxyl groups is 2. The molecule has 3 N–H and O–H groups in total. The van der Waals surface area contributed by atoms with Crippen LogP contribution in [0.15, 0.2) is 30.5 Å². The smallest absolute Gasteiger partial charge is 0.119 e. The van der Waals surface area contributed by atoms with Gasteiger partial charge in [0.2, 0.25) is 0 Å². The highest BCUT2D eigenvalue weighted by Gasteiger charge is 2.07. The molecule has 1 atom stereocenters. The first kappa shape index (κ1) is 9.89. The van der Waals surface area contributed by atoms with Gasteiger partial charge in [-0.2, -0.15) is 0 Å². The molecule has 1 aromatic heterocycles. The van der Waals surface area contributed by atoms with Gasteiger partial charge >= 0.3 is 0 Å². The van der Waals surface area contributed by atoms with Crippen LogP contribution in [0.3, 0.4) is 0 Å². The zero-order valence-corrected chi connectivity index (χ0v) is 7.96. The molecule has 0 saturated heterocycles. The summed E-state index contributed by atoms with van der Waals surface area (Å²) in [5, 5.41) is 29.1. The summed E-state index contributed by atoms with van der Waals surface area (Å²) in [6, 6.07) is 6.59. The van der Waals surface area contributed by atoms with Crippen molar-refractivity contribution >= 4 is 10.8 Å². The number of hydrogen-bond acceptors (Lipinski definition) is 4. The van der Waals surface area contributed by atoms with Crippen molar-refractivity contribution in [2.75, 3.05) is 6.61 Å². The Morgan fingerprint density at radius 1 is 1.20 bits per heavy atom. The Hall–Kier alpha value is -1.65. The third-order valence-electron chi connectivity index (χ3n) is 2.24. The summed E-state index contributed by atoms with van der Waals surface area (Å²) < 4.78 is 0. The maximum atomic E-state index is 9.38. The molecule has 0 bridgehead atoms.